The highest BCUT2D eigenvalue weighted by Gasteiger charge is 2.16. The molecule has 0 unspecified atom stereocenters. The summed E-state index contributed by atoms with van der Waals surface area (Å²) in [5.41, 5.74) is 1.73. The fourth-order valence-corrected chi connectivity index (χ4v) is 2.95. The summed E-state index contributed by atoms with van der Waals surface area (Å²) in [4.78, 5) is 14.1. The number of likely N-dealkylation sites (N-methyl/N-ethyl adjacent to an activating group) is 1. The van der Waals surface area contributed by atoms with Gasteiger partial charge in [0.1, 0.15) is 23.2 Å². The number of furan rings is 1. The molecule has 140 valence electrons. The summed E-state index contributed by atoms with van der Waals surface area (Å²) in [5.74, 6) is 0.588. The van der Waals surface area contributed by atoms with Gasteiger partial charge < -0.3 is 9.32 Å². The SMILES string of the molecule is CN(Cc1ccccc1)C(=O)C(C#N)=Cc1ccc(-c2ccc(Cl)c(Cl)c2)o1. The Morgan fingerprint density at radius 1 is 1.11 bits per heavy atom. The van der Waals surface area contributed by atoms with Gasteiger partial charge in [-0.05, 0) is 35.9 Å². The normalized spacial score (nSPS) is 11.1. The highest BCUT2D eigenvalue weighted by molar-refractivity contribution is 6.42. The predicted octanol–water partition coefficient (Wildman–Crippen LogP) is 5.82. The van der Waals surface area contributed by atoms with Crippen LogP contribution in [-0.2, 0) is 11.3 Å². The molecule has 4 nitrogen and oxygen atoms in total. The molecule has 1 heterocycles. The minimum atomic E-state index is -0.376. The first-order valence-electron chi connectivity index (χ1n) is 8.44. The summed E-state index contributed by atoms with van der Waals surface area (Å²) in [6, 6.07) is 20.1. The number of nitrogens with zero attached hydrogens (tertiary/aromatic N) is 2. The van der Waals surface area contributed by atoms with Crippen LogP contribution in [-0.4, -0.2) is 17.9 Å². The van der Waals surface area contributed by atoms with Crippen molar-refractivity contribution in [2.45, 2.75) is 6.54 Å². The minimum absolute atomic E-state index is 0.00605. The van der Waals surface area contributed by atoms with Gasteiger partial charge in [-0.2, -0.15) is 5.26 Å². The summed E-state index contributed by atoms with van der Waals surface area (Å²) in [7, 11) is 1.66. The topological polar surface area (TPSA) is 57.2 Å². The van der Waals surface area contributed by atoms with E-state index in [4.69, 9.17) is 27.6 Å². The maximum absolute atomic E-state index is 12.6. The van der Waals surface area contributed by atoms with Crippen molar-refractivity contribution >= 4 is 35.2 Å². The average Bonchev–Trinajstić information content (AvgIpc) is 3.17. The molecule has 0 aliphatic rings. The van der Waals surface area contributed by atoms with Gasteiger partial charge in [-0.25, -0.2) is 0 Å². The average molecular weight is 411 g/mol. The van der Waals surface area contributed by atoms with Crippen molar-refractivity contribution in [3.63, 3.8) is 0 Å². The Morgan fingerprint density at radius 2 is 1.86 bits per heavy atom. The number of carbonyl (C=O) groups is 1. The van der Waals surface area contributed by atoms with Gasteiger partial charge in [-0.15, -0.1) is 0 Å². The van der Waals surface area contributed by atoms with E-state index in [1.165, 1.54) is 11.0 Å². The molecule has 3 rings (SSSR count). The molecular weight excluding hydrogens is 395 g/mol. The van der Waals surface area contributed by atoms with Gasteiger partial charge in [-0.3, -0.25) is 4.79 Å². The van der Waals surface area contributed by atoms with Crippen molar-refractivity contribution in [1.29, 1.82) is 5.26 Å². The van der Waals surface area contributed by atoms with Crippen LogP contribution in [0, 0.1) is 11.3 Å². The van der Waals surface area contributed by atoms with Gasteiger partial charge in [-0.1, -0.05) is 53.5 Å². The number of halogens is 2. The summed E-state index contributed by atoms with van der Waals surface area (Å²) >= 11 is 12.0. The Kier molecular flexibility index (Phi) is 6.20. The van der Waals surface area contributed by atoms with Crippen molar-refractivity contribution < 1.29 is 9.21 Å². The third kappa shape index (κ3) is 4.64. The van der Waals surface area contributed by atoms with Crippen LogP contribution in [0.3, 0.4) is 0 Å². The van der Waals surface area contributed by atoms with Gasteiger partial charge in [0.15, 0.2) is 0 Å². The fourth-order valence-electron chi connectivity index (χ4n) is 2.65. The molecule has 1 aromatic heterocycles. The fraction of sp³-hybridized carbons (Fsp3) is 0.0909. The molecule has 28 heavy (non-hydrogen) atoms. The number of rotatable bonds is 5. The van der Waals surface area contributed by atoms with Crippen LogP contribution in [0.4, 0.5) is 0 Å². The first-order chi connectivity index (χ1) is 13.5. The van der Waals surface area contributed by atoms with Crippen molar-refractivity contribution in [2.24, 2.45) is 0 Å². The molecule has 1 amide bonds. The molecule has 0 atom stereocenters. The molecule has 0 saturated carbocycles. The standard InChI is InChI=1S/C22H16Cl2N2O2/c1-26(14-15-5-3-2-4-6-15)22(27)17(13-25)11-18-8-10-21(28-18)16-7-9-19(23)20(24)12-16/h2-12H,14H2,1H3. The maximum atomic E-state index is 12.6. The van der Waals surface area contributed by atoms with E-state index in [-0.39, 0.29) is 11.5 Å². The zero-order valence-electron chi connectivity index (χ0n) is 15.0. The Hall–Kier alpha value is -3.00. The third-order valence-corrected chi connectivity index (χ3v) is 4.82. The van der Waals surface area contributed by atoms with E-state index in [0.29, 0.717) is 28.1 Å². The first kappa shape index (κ1) is 19.8. The number of carbonyl (C=O) groups excluding carboxylic acids is 1. The Labute approximate surface area is 173 Å². The molecule has 0 fully saturated rings. The second-order valence-corrected chi connectivity index (χ2v) is 6.96. The lowest BCUT2D eigenvalue weighted by Gasteiger charge is -2.16. The molecule has 0 N–H and O–H groups in total. The van der Waals surface area contributed by atoms with Gasteiger partial charge >= 0.3 is 0 Å². The second kappa shape index (κ2) is 8.79. The van der Waals surface area contributed by atoms with E-state index in [0.717, 1.165) is 11.1 Å². The third-order valence-electron chi connectivity index (χ3n) is 4.08. The molecule has 0 spiro atoms. The van der Waals surface area contributed by atoms with Gasteiger partial charge in [0.25, 0.3) is 5.91 Å². The molecule has 3 aromatic rings. The molecule has 0 saturated heterocycles. The monoisotopic (exact) mass is 410 g/mol. The smallest absolute Gasteiger partial charge is 0.264 e. The van der Waals surface area contributed by atoms with Gasteiger partial charge in [0.05, 0.1) is 10.0 Å². The van der Waals surface area contributed by atoms with E-state index in [1.54, 1.807) is 37.4 Å². The van der Waals surface area contributed by atoms with Crippen LogP contribution >= 0.6 is 23.2 Å². The molecule has 6 heteroatoms. The lowest BCUT2D eigenvalue weighted by atomic mass is 10.1. The lowest BCUT2D eigenvalue weighted by Crippen LogP contribution is -2.27. The Morgan fingerprint density at radius 3 is 2.54 bits per heavy atom. The number of nitriles is 1. The van der Waals surface area contributed by atoms with Crippen LogP contribution in [0.1, 0.15) is 11.3 Å². The summed E-state index contributed by atoms with van der Waals surface area (Å²) in [6.07, 6.45) is 1.44. The highest BCUT2D eigenvalue weighted by atomic mass is 35.5. The Balaban J connectivity index is 1.79. The molecular formula is C22H16Cl2N2O2. The summed E-state index contributed by atoms with van der Waals surface area (Å²) in [5, 5.41) is 10.3. The molecule has 0 aliphatic carbocycles. The van der Waals surface area contributed by atoms with E-state index in [1.807, 2.05) is 36.4 Å². The van der Waals surface area contributed by atoms with Gasteiger partial charge in [0.2, 0.25) is 0 Å². The number of hydrogen-bond acceptors (Lipinski definition) is 3. The largest absolute Gasteiger partial charge is 0.457 e. The minimum Gasteiger partial charge on any atom is -0.457 e. The van der Waals surface area contributed by atoms with Crippen molar-refractivity contribution in [2.75, 3.05) is 7.05 Å². The number of benzene rings is 2. The molecule has 2 aromatic carbocycles. The van der Waals surface area contributed by atoms with E-state index < -0.39 is 0 Å². The van der Waals surface area contributed by atoms with Crippen LogP contribution in [0.2, 0.25) is 10.0 Å². The zero-order valence-corrected chi connectivity index (χ0v) is 16.5. The van der Waals surface area contributed by atoms with Crippen molar-refractivity contribution in [3.8, 4) is 17.4 Å². The van der Waals surface area contributed by atoms with Crippen LogP contribution in [0.15, 0.2) is 70.7 Å². The zero-order chi connectivity index (χ0) is 20.1. The summed E-state index contributed by atoms with van der Waals surface area (Å²) < 4.78 is 5.75. The van der Waals surface area contributed by atoms with Crippen molar-refractivity contribution in [3.05, 3.63) is 87.6 Å². The maximum Gasteiger partial charge on any atom is 0.264 e. The van der Waals surface area contributed by atoms with Gasteiger partial charge in [0, 0.05) is 25.2 Å². The molecule has 0 aliphatic heterocycles. The second-order valence-electron chi connectivity index (χ2n) is 6.15. The van der Waals surface area contributed by atoms with E-state index in [2.05, 4.69) is 0 Å². The van der Waals surface area contributed by atoms with Crippen LogP contribution in [0.25, 0.3) is 17.4 Å². The predicted molar refractivity (Wildman–Crippen MR) is 111 cm³/mol. The van der Waals surface area contributed by atoms with E-state index >= 15 is 0 Å². The highest BCUT2D eigenvalue weighted by Crippen LogP contribution is 2.30. The first-order valence-corrected chi connectivity index (χ1v) is 9.20. The number of hydrogen-bond donors (Lipinski definition) is 0. The van der Waals surface area contributed by atoms with Crippen LogP contribution in [0.5, 0.6) is 0 Å². The number of amides is 1. The quantitative estimate of drug-likeness (QED) is 0.393. The lowest BCUT2D eigenvalue weighted by molar-refractivity contribution is -0.125. The summed E-state index contributed by atoms with van der Waals surface area (Å²) in [6.45, 7) is 0.408. The van der Waals surface area contributed by atoms with Crippen LogP contribution < -0.4 is 0 Å². The van der Waals surface area contributed by atoms with E-state index in [9.17, 15) is 10.1 Å². The molecule has 0 radical (unpaired) electrons. The Bertz CT molecular complexity index is 1070. The van der Waals surface area contributed by atoms with Crippen molar-refractivity contribution in [1.82, 2.24) is 4.90 Å². The molecule has 0 bridgehead atoms.